The number of benzene rings is 1. The molecule has 0 saturated carbocycles. The van der Waals surface area contributed by atoms with Crippen molar-refractivity contribution in [2.24, 2.45) is 0 Å². The molecule has 1 heterocycles. The highest BCUT2D eigenvalue weighted by molar-refractivity contribution is 9.09. The predicted octanol–water partition coefficient (Wildman–Crippen LogP) is 3.20. The number of hydrogen-bond donors (Lipinski definition) is 0. The Labute approximate surface area is 128 Å². The molecule has 1 saturated heterocycles. The quantitative estimate of drug-likeness (QED) is 0.789. The molecule has 0 radical (unpaired) electrons. The van der Waals surface area contributed by atoms with Crippen LogP contribution in [0.1, 0.15) is 18.4 Å². The standard InChI is InChI=1S/C15H20BrNO3/c1-19-15(12-16)7-9-17(10-8-15)14(18)20-11-13-5-3-2-4-6-13/h2-6H,7-12H2,1H3. The maximum Gasteiger partial charge on any atom is 0.410 e. The number of piperidine rings is 1. The Balaban J connectivity index is 1.80. The van der Waals surface area contributed by atoms with Crippen LogP contribution in [0.5, 0.6) is 0 Å². The van der Waals surface area contributed by atoms with Crippen molar-refractivity contribution in [1.29, 1.82) is 0 Å². The average molecular weight is 342 g/mol. The molecule has 5 heteroatoms. The Morgan fingerprint density at radius 3 is 2.50 bits per heavy atom. The molecule has 0 atom stereocenters. The van der Waals surface area contributed by atoms with Gasteiger partial charge in [-0.25, -0.2) is 4.79 Å². The molecule has 0 N–H and O–H groups in total. The highest BCUT2D eigenvalue weighted by Crippen LogP contribution is 2.28. The largest absolute Gasteiger partial charge is 0.445 e. The maximum absolute atomic E-state index is 12.0. The van der Waals surface area contributed by atoms with Crippen molar-refractivity contribution < 1.29 is 14.3 Å². The summed E-state index contributed by atoms with van der Waals surface area (Å²) in [7, 11) is 1.73. The van der Waals surface area contributed by atoms with E-state index in [1.165, 1.54) is 0 Å². The highest BCUT2D eigenvalue weighted by Gasteiger charge is 2.35. The Morgan fingerprint density at radius 1 is 1.30 bits per heavy atom. The van der Waals surface area contributed by atoms with Gasteiger partial charge >= 0.3 is 6.09 Å². The first-order valence-electron chi connectivity index (χ1n) is 6.76. The molecule has 0 bridgehead atoms. The SMILES string of the molecule is COC1(CBr)CCN(C(=O)OCc2ccccc2)CC1. The van der Waals surface area contributed by atoms with Crippen LogP contribution < -0.4 is 0 Å². The van der Waals surface area contributed by atoms with Crippen LogP contribution in [0.15, 0.2) is 30.3 Å². The smallest absolute Gasteiger partial charge is 0.410 e. The Morgan fingerprint density at radius 2 is 1.95 bits per heavy atom. The van der Waals surface area contributed by atoms with E-state index in [2.05, 4.69) is 15.9 Å². The lowest BCUT2D eigenvalue weighted by molar-refractivity contribution is -0.0369. The van der Waals surface area contributed by atoms with Crippen LogP contribution in [0, 0.1) is 0 Å². The van der Waals surface area contributed by atoms with Crippen molar-refractivity contribution in [2.75, 3.05) is 25.5 Å². The predicted molar refractivity (Wildman–Crippen MR) is 81.0 cm³/mol. The molecule has 0 aliphatic carbocycles. The van der Waals surface area contributed by atoms with E-state index in [0.717, 1.165) is 23.7 Å². The molecule has 1 amide bonds. The van der Waals surface area contributed by atoms with E-state index in [1.807, 2.05) is 30.3 Å². The van der Waals surface area contributed by atoms with Crippen LogP contribution in [-0.4, -0.2) is 42.1 Å². The zero-order valence-electron chi connectivity index (χ0n) is 11.7. The van der Waals surface area contributed by atoms with Crippen molar-refractivity contribution in [3.8, 4) is 0 Å². The average Bonchev–Trinajstić information content (AvgIpc) is 2.53. The van der Waals surface area contributed by atoms with E-state index in [1.54, 1.807) is 12.0 Å². The zero-order valence-corrected chi connectivity index (χ0v) is 13.3. The summed E-state index contributed by atoms with van der Waals surface area (Å²) >= 11 is 3.49. The molecule has 20 heavy (non-hydrogen) atoms. The van der Waals surface area contributed by atoms with Crippen molar-refractivity contribution >= 4 is 22.0 Å². The van der Waals surface area contributed by atoms with Gasteiger partial charge in [0.05, 0.1) is 5.60 Å². The minimum absolute atomic E-state index is 0.143. The van der Waals surface area contributed by atoms with Crippen molar-refractivity contribution in [3.63, 3.8) is 0 Å². The van der Waals surface area contributed by atoms with Gasteiger partial charge in [-0.05, 0) is 18.4 Å². The molecule has 1 aromatic carbocycles. The van der Waals surface area contributed by atoms with E-state index >= 15 is 0 Å². The summed E-state index contributed by atoms with van der Waals surface area (Å²) in [5.74, 6) is 0. The van der Waals surface area contributed by atoms with Crippen LogP contribution in [0.3, 0.4) is 0 Å². The molecule has 2 rings (SSSR count). The third kappa shape index (κ3) is 3.73. The van der Waals surface area contributed by atoms with E-state index in [4.69, 9.17) is 9.47 Å². The molecule has 1 fully saturated rings. The van der Waals surface area contributed by atoms with Crippen LogP contribution in [0.2, 0.25) is 0 Å². The topological polar surface area (TPSA) is 38.8 Å². The summed E-state index contributed by atoms with van der Waals surface area (Å²) in [5.41, 5.74) is 0.862. The Hall–Kier alpha value is -1.07. The summed E-state index contributed by atoms with van der Waals surface area (Å²) < 4.78 is 10.9. The highest BCUT2D eigenvalue weighted by atomic mass is 79.9. The molecule has 1 aliphatic rings. The summed E-state index contributed by atoms with van der Waals surface area (Å²) in [4.78, 5) is 13.8. The molecule has 4 nitrogen and oxygen atoms in total. The van der Waals surface area contributed by atoms with Gasteiger partial charge in [0.1, 0.15) is 6.61 Å². The third-order valence-corrected chi connectivity index (χ3v) is 4.84. The molecular weight excluding hydrogens is 322 g/mol. The van der Waals surface area contributed by atoms with Gasteiger partial charge < -0.3 is 14.4 Å². The Bertz CT molecular complexity index is 424. The number of likely N-dealkylation sites (tertiary alicyclic amines) is 1. The van der Waals surface area contributed by atoms with Gasteiger partial charge in [-0.2, -0.15) is 0 Å². The molecule has 0 aromatic heterocycles. The number of nitrogens with zero attached hydrogens (tertiary/aromatic N) is 1. The van der Waals surface area contributed by atoms with Crippen LogP contribution in [0.4, 0.5) is 4.79 Å². The lowest BCUT2D eigenvalue weighted by Crippen LogP contribution is -2.48. The van der Waals surface area contributed by atoms with Gasteiger partial charge in [0, 0.05) is 25.5 Å². The first kappa shape index (κ1) is 15.3. The van der Waals surface area contributed by atoms with E-state index in [0.29, 0.717) is 19.7 Å². The van der Waals surface area contributed by atoms with Crippen molar-refractivity contribution in [3.05, 3.63) is 35.9 Å². The number of carbonyl (C=O) groups excluding carboxylic acids is 1. The van der Waals surface area contributed by atoms with E-state index < -0.39 is 0 Å². The molecule has 110 valence electrons. The lowest BCUT2D eigenvalue weighted by Gasteiger charge is -2.39. The number of ether oxygens (including phenoxy) is 2. The molecular formula is C15H20BrNO3. The first-order chi connectivity index (χ1) is 9.69. The van der Waals surface area contributed by atoms with Crippen molar-refractivity contribution in [1.82, 2.24) is 4.90 Å². The number of halogens is 1. The number of carbonyl (C=O) groups is 1. The van der Waals surface area contributed by atoms with Crippen molar-refractivity contribution in [2.45, 2.75) is 25.0 Å². The lowest BCUT2D eigenvalue weighted by atomic mass is 9.93. The van der Waals surface area contributed by atoms with Gasteiger partial charge in [0.2, 0.25) is 0 Å². The molecule has 1 aliphatic heterocycles. The second kappa shape index (κ2) is 7.09. The fraction of sp³-hybridized carbons (Fsp3) is 0.533. The number of amides is 1. The van der Waals surface area contributed by atoms with Crippen LogP contribution in [0.25, 0.3) is 0 Å². The van der Waals surface area contributed by atoms with E-state index in [9.17, 15) is 4.79 Å². The second-order valence-electron chi connectivity index (χ2n) is 5.05. The number of rotatable bonds is 4. The van der Waals surface area contributed by atoms with Gasteiger partial charge in [0.15, 0.2) is 0 Å². The van der Waals surface area contributed by atoms with Crippen LogP contribution in [-0.2, 0) is 16.1 Å². The normalized spacial score (nSPS) is 17.8. The first-order valence-corrected chi connectivity index (χ1v) is 7.88. The number of hydrogen-bond acceptors (Lipinski definition) is 3. The maximum atomic E-state index is 12.0. The monoisotopic (exact) mass is 341 g/mol. The van der Waals surface area contributed by atoms with Gasteiger partial charge in [0.25, 0.3) is 0 Å². The summed E-state index contributed by atoms with van der Waals surface area (Å²) in [6, 6.07) is 9.72. The fourth-order valence-electron chi connectivity index (χ4n) is 2.30. The van der Waals surface area contributed by atoms with E-state index in [-0.39, 0.29) is 11.7 Å². The minimum atomic E-state index is -0.242. The summed E-state index contributed by atoms with van der Waals surface area (Å²) in [6.45, 7) is 1.67. The van der Waals surface area contributed by atoms with Gasteiger partial charge in [-0.15, -0.1) is 0 Å². The molecule has 1 aromatic rings. The summed E-state index contributed by atoms with van der Waals surface area (Å²) in [6.07, 6.45) is 1.41. The molecule has 0 unspecified atom stereocenters. The van der Waals surface area contributed by atoms with Crippen LogP contribution >= 0.6 is 15.9 Å². The Kier molecular flexibility index (Phi) is 5.43. The molecule has 0 spiro atoms. The number of methoxy groups -OCH3 is 1. The zero-order chi connectivity index (χ0) is 14.4. The second-order valence-corrected chi connectivity index (χ2v) is 5.61. The summed E-state index contributed by atoms with van der Waals surface area (Å²) in [5, 5.41) is 0.795. The van der Waals surface area contributed by atoms with Gasteiger partial charge in [-0.3, -0.25) is 0 Å². The minimum Gasteiger partial charge on any atom is -0.445 e. The third-order valence-electron chi connectivity index (χ3n) is 3.81. The van der Waals surface area contributed by atoms with Gasteiger partial charge in [-0.1, -0.05) is 46.3 Å². The fourth-order valence-corrected chi connectivity index (χ4v) is 3.09. The number of alkyl halides is 1.